The quantitative estimate of drug-likeness (QED) is 0.592. The van der Waals surface area contributed by atoms with Crippen molar-refractivity contribution < 1.29 is 32.9 Å². The summed E-state index contributed by atoms with van der Waals surface area (Å²) in [5, 5.41) is 22.7. The predicted octanol–water partition coefficient (Wildman–Crippen LogP) is 1.37. The molecule has 0 saturated heterocycles. The Morgan fingerprint density at radius 2 is 0.833 bits per heavy atom. The van der Waals surface area contributed by atoms with Crippen molar-refractivity contribution in [1.29, 1.82) is 0 Å². The third kappa shape index (κ3) is 809. The molecule has 3 nitrogen and oxygen atoms in total. The van der Waals surface area contributed by atoms with E-state index in [2.05, 4.69) is 0 Å². The molecule has 0 heterocycles. The van der Waals surface area contributed by atoms with E-state index in [9.17, 15) is 0 Å². The molecule has 0 atom stereocenters. The molecule has 0 rings (SSSR count). The average Bonchev–Trinajstić information content (AvgIpc) is 1.92. The van der Waals surface area contributed by atoms with Gasteiger partial charge in [-0.05, 0) is 20.8 Å². The summed E-state index contributed by atoms with van der Waals surface area (Å²) in [6, 6.07) is 0. The first-order valence-corrected chi connectivity index (χ1v) is 9.07. The zero-order valence-corrected chi connectivity index (χ0v) is 11.4. The molecule has 0 saturated carbocycles. The molecular formula is C6H18Cl2NbO3. The summed E-state index contributed by atoms with van der Waals surface area (Å²) in [5.74, 6) is 0. The van der Waals surface area contributed by atoms with Crippen LogP contribution in [-0.2, 0) is 17.6 Å². The zero-order chi connectivity index (χ0) is 10.8. The van der Waals surface area contributed by atoms with Gasteiger partial charge in [0, 0.05) is 19.8 Å². The number of hydrogen-bond acceptors (Lipinski definition) is 3. The van der Waals surface area contributed by atoms with Crippen molar-refractivity contribution in [3.05, 3.63) is 0 Å². The minimum atomic E-state index is -0.706. The van der Waals surface area contributed by atoms with E-state index in [4.69, 9.17) is 33.7 Å². The van der Waals surface area contributed by atoms with E-state index in [1.165, 1.54) is 0 Å². The van der Waals surface area contributed by atoms with Gasteiger partial charge in [0.25, 0.3) is 0 Å². The fourth-order valence-corrected chi connectivity index (χ4v) is 0. The summed E-state index contributed by atoms with van der Waals surface area (Å²) in [4.78, 5) is 0. The van der Waals surface area contributed by atoms with Crippen LogP contribution < -0.4 is 0 Å². The molecule has 0 radical (unpaired) electrons. The van der Waals surface area contributed by atoms with E-state index >= 15 is 0 Å². The van der Waals surface area contributed by atoms with Gasteiger partial charge in [0.2, 0.25) is 0 Å². The Morgan fingerprint density at radius 3 is 0.833 bits per heavy atom. The van der Waals surface area contributed by atoms with Crippen LogP contribution in [0.3, 0.4) is 0 Å². The fraction of sp³-hybridized carbons (Fsp3) is 1.00. The molecule has 0 aliphatic heterocycles. The molecule has 0 bridgehead atoms. The first kappa shape index (κ1) is 23.2. The Balaban J connectivity index is -0.0000000356. The minimum absolute atomic E-state index is 0.250. The van der Waals surface area contributed by atoms with Crippen LogP contribution in [0.5, 0.6) is 0 Å². The molecule has 0 aliphatic carbocycles. The SMILES string of the molecule is CCO.CCO.CCO.[Cl][Nb][Cl]. The van der Waals surface area contributed by atoms with Crippen molar-refractivity contribution >= 4 is 18.4 Å². The summed E-state index contributed by atoms with van der Waals surface area (Å²) in [6.45, 7) is 5.79. The number of rotatable bonds is 0. The normalized spacial score (nSPS) is 5.67. The van der Waals surface area contributed by atoms with Crippen LogP contribution in [0.1, 0.15) is 20.8 Å². The van der Waals surface area contributed by atoms with Gasteiger partial charge in [-0.25, -0.2) is 0 Å². The van der Waals surface area contributed by atoms with Crippen LogP contribution in [0, 0.1) is 0 Å². The standard InChI is InChI=1S/3C2H6O.2ClH.Nb/c3*1-2-3;;;/h3*3H,2H2,1H3;2*1H;/q;;;;;+2/p-2. The van der Waals surface area contributed by atoms with Crippen molar-refractivity contribution in [2.24, 2.45) is 0 Å². The second kappa shape index (κ2) is 56.6. The molecule has 79 valence electrons. The maximum atomic E-state index is 7.57. The molecular weight excluding hydrogens is 284 g/mol. The Kier molecular flexibility index (Phi) is 109. The summed E-state index contributed by atoms with van der Waals surface area (Å²) in [6.07, 6.45) is 0. The molecule has 0 amide bonds. The van der Waals surface area contributed by atoms with Crippen LogP contribution in [0.2, 0.25) is 0 Å². The van der Waals surface area contributed by atoms with Crippen molar-refractivity contribution in [3.8, 4) is 0 Å². The van der Waals surface area contributed by atoms with Gasteiger partial charge in [-0.2, -0.15) is 0 Å². The van der Waals surface area contributed by atoms with Crippen LogP contribution in [-0.4, -0.2) is 35.1 Å². The Morgan fingerprint density at radius 1 is 0.833 bits per heavy atom. The topological polar surface area (TPSA) is 60.7 Å². The number of aliphatic hydroxyl groups is 3. The van der Waals surface area contributed by atoms with E-state index in [1.54, 1.807) is 20.8 Å². The molecule has 0 unspecified atom stereocenters. The number of hydrogen-bond donors (Lipinski definition) is 3. The molecule has 0 aliphatic rings. The number of halogens is 2. The Bertz CT molecular complexity index is 28.8. The third-order valence-electron chi connectivity index (χ3n) is 0. The van der Waals surface area contributed by atoms with Gasteiger partial charge < -0.3 is 15.3 Å². The van der Waals surface area contributed by atoms with Gasteiger partial charge in [0.05, 0.1) is 0 Å². The molecule has 12 heavy (non-hydrogen) atoms. The van der Waals surface area contributed by atoms with Crippen molar-refractivity contribution in [3.63, 3.8) is 0 Å². The summed E-state index contributed by atoms with van der Waals surface area (Å²) in [5.41, 5.74) is 0. The van der Waals surface area contributed by atoms with E-state index in [0.29, 0.717) is 0 Å². The Hall–Kier alpha value is 1.20. The number of aliphatic hydroxyl groups excluding tert-OH is 3. The van der Waals surface area contributed by atoms with Crippen molar-refractivity contribution in [1.82, 2.24) is 0 Å². The average molecular weight is 302 g/mol. The molecule has 0 fully saturated rings. The van der Waals surface area contributed by atoms with Crippen LogP contribution in [0.25, 0.3) is 0 Å². The first-order valence-electron chi connectivity index (χ1n) is 3.41. The first-order chi connectivity index (χ1) is 5.66. The van der Waals surface area contributed by atoms with Crippen LogP contribution in [0.15, 0.2) is 0 Å². The van der Waals surface area contributed by atoms with Crippen molar-refractivity contribution in [2.75, 3.05) is 19.8 Å². The van der Waals surface area contributed by atoms with E-state index in [1.807, 2.05) is 0 Å². The van der Waals surface area contributed by atoms with Gasteiger partial charge in [-0.15, -0.1) is 0 Å². The molecule has 3 N–H and O–H groups in total. The van der Waals surface area contributed by atoms with Gasteiger partial charge in [-0.1, -0.05) is 0 Å². The monoisotopic (exact) mass is 301 g/mol. The van der Waals surface area contributed by atoms with Gasteiger partial charge in [-0.3, -0.25) is 0 Å². The van der Waals surface area contributed by atoms with Gasteiger partial charge >= 0.3 is 36.0 Å². The molecule has 0 spiro atoms. The molecule has 0 aromatic rings. The zero-order valence-electron chi connectivity index (χ0n) is 7.67. The second-order valence-electron chi connectivity index (χ2n) is 1.01. The second-order valence-corrected chi connectivity index (χ2v) is 4.35. The molecule has 6 heteroatoms. The Labute approximate surface area is 91.7 Å². The maximum absolute atomic E-state index is 7.57. The predicted molar refractivity (Wildman–Crippen MR) is 50.0 cm³/mol. The van der Waals surface area contributed by atoms with Crippen LogP contribution in [0.4, 0.5) is 0 Å². The third-order valence-corrected chi connectivity index (χ3v) is 0. The molecule has 0 aromatic carbocycles. The van der Waals surface area contributed by atoms with E-state index in [0.717, 1.165) is 0 Å². The van der Waals surface area contributed by atoms with Crippen molar-refractivity contribution in [2.45, 2.75) is 20.8 Å². The van der Waals surface area contributed by atoms with Gasteiger partial charge in [0.1, 0.15) is 0 Å². The summed E-state index contributed by atoms with van der Waals surface area (Å²) in [7, 11) is 9.83. The summed E-state index contributed by atoms with van der Waals surface area (Å²) >= 11 is -0.706. The van der Waals surface area contributed by atoms with E-state index in [-0.39, 0.29) is 19.8 Å². The van der Waals surface area contributed by atoms with E-state index < -0.39 is 17.6 Å². The van der Waals surface area contributed by atoms with Crippen LogP contribution >= 0.6 is 18.4 Å². The molecule has 0 aromatic heterocycles. The fourth-order valence-electron chi connectivity index (χ4n) is 0. The van der Waals surface area contributed by atoms with Gasteiger partial charge in [0.15, 0.2) is 0 Å². The summed E-state index contributed by atoms with van der Waals surface area (Å²) < 4.78 is 0.